The molecule has 18 heavy (non-hydrogen) atoms. The summed E-state index contributed by atoms with van der Waals surface area (Å²) < 4.78 is 11.7. The van der Waals surface area contributed by atoms with Crippen molar-refractivity contribution in [3.8, 4) is 0 Å². The zero-order valence-corrected chi connectivity index (χ0v) is 14.9. The molecule has 0 radical (unpaired) electrons. The van der Waals surface area contributed by atoms with Crippen LogP contribution in [-0.2, 0) is 7.87 Å². The van der Waals surface area contributed by atoms with E-state index in [2.05, 4.69) is 13.8 Å². The van der Waals surface area contributed by atoms with Crippen molar-refractivity contribution in [1.82, 2.24) is 0 Å². The first kappa shape index (κ1) is 16.3. The molecule has 0 bridgehead atoms. The SMILES string of the molecule is CCCCC1(CCCC)C(=O)CC(O)C[CH]1[SnH]=[O]. The molecule has 0 aromatic rings. The molecule has 0 aromatic heterocycles. The van der Waals surface area contributed by atoms with E-state index in [9.17, 15) is 13.0 Å². The van der Waals surface area contributed by atoms with E-state index >= 15 is 0 Å². The Bertz CT molecular complexity index is 283. The number of hydrogen-bond acceptors (Lipinski definition) is 3. The molecule has 4 heteroatoms. The molecule has 0 amide bonds. The molecule has 1 aliphatic carbocycles. The van der Waals surface area contributed by atoms with Crippen molar-refractivity contribution in [2.75, 3.05) is 0 Å². The normalized spacial score (nSPS) is 27.2. The predicted molar refractivity (Wildman–Crippen MR) is 73.3 cm³/mol. The molecule has 1 fully saturated rings. The standard InChI is InChI=1S/C14H25O2.O.Sn.H/c1-3-5-8-14(9-6-4-2)10-7-12(15)11-13(14)16;;;/h10,12,15H,3-9,11H2,1-2H3;;;. The van der Waals surface area contributed by atoms with Gasteiger partial charge in [0.05, 0.1) is 0 Å². The zero-order chi connectivity index (χ0) is 13.6. The summed E-state index contributed by atoms with van der Waals surface area (Å²) in [6, 6.07) is 0. The predicted octanol–water partition coefficient (Wildman–Crippen LogP) is 2.65. The Morgan fingerprint density at radius 2 is 1.83 bits per heavy atom. The van der Waals surface area contributed by atoms with Crippen LogP contribution in [0.1, 0.15) is 65.2 Å². The van der Waals surface area contributed by atoms with Crippen molar-refractivity contribution in [3.63, 3.8) is 0 Å². The van der Waals surface area contributed by atoms with Crippen LogP contribution in [0.25, 0.3) is 0 Å². The Morgan fingerprint density at radius 1 is 1.28 bits per heavy atom. The van der Waals surface area contributed by atoms with Gasteiger partial charge in [-0.25, -0.2) is 0 Å². The van der Waals surface area contributed by atoms with Crippen LogP contribution >= 0.6 is 0 Å². The Hall–Kier alpha value is 0.229. The van der Waals surface area contributed by atoms with Gasteiger partial charge in [0.2, 0.25) is 0 Å². The summed E-state index contributed by atoms with van der Waals surface area (Å²) in [5.74, 6) is 0.190. The molecule has 3 nitrogen and oxygen atoms in total. The van der Waals surface area contributed by atoms with Gasteiger partial charge in [0, 0.05) is 0 Å². The summed E-state index contributed by atoms with van der Waals surface area (Å²) in [7, 11) is 0. The third kappa shape index (κ3) is 3.62. The van der Waals surface area contributed by atoms with Gasteiger partial charge in [-0.05, 0) is 0 Å². The van der Waals surface area contributed by atoms with Crippen LogP contribution < -0.4 is 0 Å². The molecule has 104 valence electrons. The number of carbonyl (C=O) groups excluding carboxylic acids is 1. The van der Waals surface area contributed by atoms with Crippen LogP contribution in [0.2, 0.25) is 3.93 Å². The van der Waals surface area contributed by atoms with E-state index in [0.29, 0.717) is 6.42 Å². The molecule has 0 heterocycles. The fraction of sp³-hybridized carbons (Fsp3) is 0.929. The van der Waals surface area contributed by atoms with E-state index in [1.54, 1.807) is 0 Å². The summed E-state index contributed by atoms with van der Waals surface area (Å²) in [6.07, 6.45) is 6.32. The van der Waals surface area contributed by atoms with Gasteiger partial charge < -0.3 is 0 Å². The van der Waals surface area contributed by atoms with Crippen LogP contribution in [0.4, 0.5) is 0 Å². The van der Waals surface area contributed by atoms with Gasteiger partial charge in [-0.3, -0.25) is 0 Å². The molecular formula is C14H26O3Sn. The van der Waals surface area contributed by atoms with Crippen molar-refractivity contribution >= 4 is 26.9 Å². The summed E-state index contributed by atoms with van der Waals surface area (Å²) in [6.45, 7) is 4.26. The maximum atomic E-state index is 12.4. The summed E-state index contributed by atoms with van der Waals surface area (Å²) in [5.41, 5.74) is -0.339. The van der Waals surface area contributed by atoms with E-state index in [0.717, 1.165) is 38.5 Å². The molecule has 1 saturated carbocycles. The number of aliphatic hydroxyl groups excluding tert-OH is 1. The molecule has 0 aromatic carbocycles. The quantitative estimate of drug-likeness (QED) is 0.710. The van der Waals surface area contributed by atoms with Gasteiger partial charge in [0.15, 0.2) is 0 Å². The minimum absolute atomic E-state index is 0.0297. The second kappa shape index (κ2) is 7.73. The molecule has 1 aliphatic rings. The number of ketones is 1. The van der Waals surface area contributed by atoms with Crippen molar-refractivity contribution < 1.29 is 13.0 Å². The molecule has 0 aliphatic heterocycles. The van der Waals surface area contributed by atoms with E-state index < -0.39 is 27.2 Å². The Labute approximate surface area is 120 Å². The third-order valence-electron chi connectivity index (χ3n) is 4.33. The fourth-order valence-electron chi connectivity index (χ4n) is 3.17. The van der Waals surface area contributed by atoms with Gasteiger partial charge in [0.1, 0.15) is 0 Å². The van der Waals surface area contributed by atoms with Gasteiger partial charge in [-0.2, -0.15) is 0 Å². The number of Topliss-reactive ketones (excluding diaryl/α,β-unsaturated/α-hetero) is 1. The van der Waals surface area contributed by atoms with Crippen molar-refractivity contribution in [2.45, 2.75) is 75.3 Å². The molecular weight excluding hydrogens is 335 g/mol. The third-order valence-corrected chi connectivity index (χ3v) is 7.86. The van der Waals surface area contributed by atoms with Crippen LogP contribution in [0, 0.1) is 5.41 Å². The molecule has 0 spiro atoms. The first-order valence-electron chi connectivity index (χ1n) is 7.27. The average molecular weight is 361 g/mol. The molecule has 1 rings (SSSR count). The Morgan fingerprint density at radius 3 is 2.28 bits per heavy atom. The first-order chi connectivity index (χ1) is 8.60. The molecule has 1 N–H and O–H groups in total. The van der Waals surface area contributed by atoms with Gasteiger partial charge in [-0.15, -0.1) is 0 Å². The van der Waals surface area contributed by atoms with E-state index in [4.69, 9.17) is 0 Å². The minimum atomic E-state index is -1.95. The topological polar surface area (TPSA) is 54.4 Å². The fourth-order valence-corrected chi connectivity index (χ4v) is 6.61. The summed E-state index contributed by atoms with van der Waals surface area (Å²) in [4.78, 5) is 12.4. The van der Waals surface area contributed by atoms with Crippen LogP contribution in [0.3, 0.4) is 0 Å². The van der Waals surface area contributed by atoms with E-state index in [1.807, 2.05) is 0 Å². The number of unbranched alkanes of at least 4 members (excludes halogenated alkanes) is 2. The Kier molecular flexibility index (Phi) is 6.99. The van der Waals surface area contributed by atoms with Crippen molar-refractivity contribution in [1.29, 1.82) is 0 Å². The summed E-state index contributed by atoms with van der Waals surface area (Å²) >= 11 is -1.95. The number of carbonyl (C=O) groups is 1. The summed E-state index contributed by atoms with van der Waals surface area (Å²) in [5, 5.41) is 9.73. The maximum absolute atomic E-state index is 12.4. The second-order valence-electron chi connectivity index (χ2n) is 5.62. The first-order valence-corrected chi connectivity index (χ1v) is 10.5. The zero-order valence-electron chi connectivity index (χ0n) is 11.7. The van der Waals surface area contributed by atoms with E-state index in [1.165, 1.54) is 0 Å². The molecule has 2 atom stereocenters. The number of aliphatic hydroxyl groups is 1. The van der Waals surface area contributed by atoms with Gasteiger partial charge in [-0.1, -0.05) is 0 Å². The van der Waals surface area contributed by atoms with E-state index in [-0.39, 0.29) is 21.6 Å². The Balaban J connectivity index is 2.93. The second-order valence-corrected chi connectivity index (χ2v) is 8.70. The van der Waals surface area contributed by atoms with Crippen LogP contribution in [0.15, 0.2) is 0 Å². The van der Waals surface area contributed by atoms with Crippen molar-refractivity contribution in [2.24, 2.45) is 5.41 Å². The van der Waals surface area contributed by atoms with Crippen LogP contribution in [-0.4, -0.2) is 38.1 Å². The molecule has 0 saturated heterocycles. The average Bonchev–Trinajstić information content (AvgIpc) is 2.36. The number of hydrogen-bond donors (Lipinski definition) is 1. The van der Waals surface area contributed by atoms with Gasteiger partial charge >= 0.3 is 121 Å². The monoisotopic (exact) mass is 362 g/mol. The number of rotatable bonds is 7. The van der Waals surface area contributed by atoms with Crippen LogP contribution in [0.5, 0.6) is 0 Å². The molecule has 2 unspecified atom stereocenters. The van der Waals surface area contributed by atoms with Crippen molar-refractivity contribution in [3.05, 3.63) is 0 Å². The van der Waals surface area contributed by atoms with Gasteiger partial charge in [0.25, 0.3) is 0 Å².